The number of aromatic hydroxyl groups is 1. The number of carbonyl (C=O) groups excluding carboxylic acids is 1. The zero-order valence-corrected chi connectivity index (χ0v) is 21.5. The molecule has 7 rings (SSSR count). The summed E-state index contributed by atoms with van der Waals surface area (Å²) in [6.45, 7) is 2.87. The van der Waals surface area contributed by atoms with Crippen LogP contribution in [0.2, 0.25) is 0 Å². The lowest BCUT2D eigenvalue weighted by Gasteiger charge is -2.35. The molecule has 3 heterocycles. The van der Waals surface area contributed by atoms with Gasteiger partial charge in [0.1, 0.15) is 11.6 Å². The van der Waals surface area contributed by atoms with Gasteiger partial charge >= 0.3 is 0 Å². The lowest BCUT2D eigenvalue weighted by Crippen LogP contribution is -2.52. The van der Waals surface area contributed by atoms with E-state index in [2.05, 4.69) is 37.7 Å². The van der Waals surface area contributed by atoms with Crippen LogP contribution < -0.4 is 15.5 Å². The number of aromatic nitrogens is 3. The molecule has 39 heavy (non-hydrogen) atoms. The molecule has 3 aromatic carbocycles. The van der Waals surface area contributed by atoms with Gasteiger partial charge in [0, 0.05) is 60.1 Å². The van der Waals surface area contributed by atoms with E-state index >= 15 is 0 Å². The molecule has 0 bridgehead atoms. The SMILES string of the molecule is Cn1nc(C(=O)NC(c2cc3ccccc3[nH]2)c2cc(F)ccc2O)c2ccc(N3CCNC4(CC4)C3)cc21. The van der Waals surface area contributed by atoms with Gasteiger partial charge in [0.05, 0.1) is 11.6 Å². The number of nitrogens with one attached hydrogen (secondary N) is 3. The van der Waals surface area contributed by atoms with Gasteiger partial charge in [-0.1, -0.05) is 18.2 Å². The summed E-state index contributed by atoms with van der Waals surface area (Å²) in [6, 6.07) is 18.6. The van der Waals surface area contributed by atoms with Crippen molar-refractivity contribution in [3.05, 3.63) is 89.5 Å². The lowest BCUT2D eigenvalue weighted by molar-refractivity contribution is 0.0938. The van der Waals surface area contributed by atoms with Gasteiger partial charge in [-0.3, -0.25) is 9.48 Å². The van der Waals surface area contributed by atoms with Gasteiger partial charge in [-0.15, -0.1) is 0 Å². The van der Waals surface area contributed by atoms with Crippen LogP contribution in [0.25, 0.3) is 21.8 Å². The van der Waals surface area contributed by atoms with Crippen molar-refractivity contribution in [1.29, 1.82) is 0 Å². The molecule has 198 valence electrons. The zero-order chi connectivity index (χ0) is 26.7. The molecule has 1 aliphatic heterocycles. The highest BCUT2D eigenvalue weighted by atomic mass is 19.1. The maximum Gasteiger partial charge on any atom is 0.273 e. The number of piperazine rings is 1. The standard InChI is InChI=1S/C30H29FN6O2/c1-36-25-16-20(37-13-12-32-30(17-37)10-11-30)7-8-21(25)28(35-36)29(39)34-27(22-15-19(31)6-9-26(22)38)24-14-18-4-2-3-5-23(18)33-24/h2-9,14-16,27,32-33,38H,10-13,17H2,1H3,(H,34,39). The van der Waals surface area contributed by atoms with Crippen molar-refractivity contribution in [3.63, 3.8) is 0 Å². The summed E-state index contributed by atoms with van der Waals surface area (Å²) in [5.41, 5.74) is 4.26. The molecule has 1 saturated heterocycles. The van der Waals surface area contributed by atoms with Gasteiger partial charge in [0.25, 0.3) is 5.91 Å². The van der Waals surface area contributed by atoms with Crippen molar-refractivity contribution in [2.45, 2.75) is 24.4 Å². The second kappa shape index (κ2) is 8.84. The predicted molar refractivity (Wildman–Crippen MR) is 149 cm³/mol. The Kier molecular flexibility index (Phi) is 5.38. The average Bonchev–Trinajstić information content (AvgIpc) is 3.39. The number of fused-ring (bicyclic) bond motifs is 2. The number of nitrogens with zero attached hydrogens (tertiary/aromatic N) is 3. The fourth-order valence-electron chi connectivity index (χ4n) is 5.80. The van der Waals surface area contributed by atoms with E-state index in [9.17, 15) is 14.3 Å². The number of hydrogen-bond acceptors (Lipinski definition) is 5. The first kappa shape index (κ1) is 23.7. The van der Waals surface area contributed by atoms with Crippen molar-refractivity contribution in [1.82, 2.24) is 25.4 Å². The molecule has 1 aliphatic carbocycles. The predicted octanol–water partition coefficient (Wildman–Crippen LogP) is 4.36. The first-order valence-corrected chi connectivity index (χ1v) is 13.2. The van der Waals surface area contributed by atoms with Gasteiger partial charge < -0.3 is 25.6 Å². The molecule has 1 atom stereocenters. The molecule has 2 aromatic heterocycles. The summed E-state index contributed by atoms with van der Waals surface area (Å²) in [5, 5.41) is 23.5. The molecule has 1 amide bonds. The summed E-state index contributed by atoms with van der Waals surface area (Å²) in [7, 11) is 1.83. The smallest absolute Gasteiger partial charge is 0.273 e. The molecular weight excluding hydrogens is 495 g/mol. The highest BCUT2D eigenvalue weighted by Gasteiger charge is 2.45. The topological polar surface area (TPSA) is 98.2 Å². The Hall–Kier alpha value is -4.37. The van der Waals surface area contributed by atoms with Crippen molar-refractivity contribution in [2.24, 2.45) is 7.05 Å². The minimum Gasteiger partial charge on any atom is -0.508 e. The Balaban J connectivity index is 1.24. The third kappa shape index (κ3) is 4.19. The van der Waals surface area contributed by atoms with Crippen LogP contribution in [0.1, 0.15) is 40.6 Å². The highest BCUT2D eigenvalue weighted by molar-refractivity contribution is 6.05. The summed E-state index contributed by atoms with van der Waals surface area (Å²) < 4.78 is 16.0. The van der Waals surface area contributed by atoms with E-state index in [1.807, 2.05) is 43.4 Å². The number of carbonyl (C=O) groups is 1. The van der Waals surface area contributed by atoms with Crippen LogP contribution in [0.3, 0.4) is 0 Å². The van der Waals surface area contributed by atoms with Gasteiger partial charge in [0.2, 0.25) is 0 Å². The summed E-state index contributed by atoms with van der Waals surface area (Å²) in [4.78, 5) is 19.4. The van der Waals surface area contributed by atoms with Crippen molar-refractivity contribution < 1.29 is 14.3 Å². The number of benzene rings is 3. The fourth-order valence-corrected chi connectivity index (χ4v) is 5.80. The Bertz CT molecular complexity index is 1700. The van der Waals surface area contributed by atoms with Crippen molar-refractivity contribution in [3.8, 4) is 5.75 Å². The summed E-state index contributed by atoms with van der Waals surface area (Å²) >= 11 is 0. The first-order chi connectivity index (χ1) is 18.9. The van der Waals surface area contributed by atoms with E-state index in [1.54, 1.807) is 4.68 Å². The molecule has 8 nitrogen and oxygen atoms in total. The zero-order valence-electron chi connectivity index (χ0n) is 21.5. The summed E-state index contributed by atoms with van der Waals surface area (Å²) in [6.07, 6.45) is 2.42. The number of amides is 1. The largest absolute Gasteiger partial charge is 0.508 e. The number of aromatic amines is 1. The van der Waals surface area contributed by atoms with Crippen LogP contribution in [-0.4, -0.2) is 51.0 Å². The van der Waals surface area contributed by atoms with E-state index in [0.717, 1.165) is 47.1 Å². The highest BCUT2D eigenvalue weighted by Crippen LogP contribution is 2.39. The number of halogens is 1. The van der Waals surface area contributed by atoms with Gasteiger partial charge in [-0.05, 0) is 66.8 Å². The second-order valence-corrected chi connectivity index (χ2v) is 10.7. The Morgan fingerprint density at radius 2 is 1.97 bits per heavy atom. The molecule has 2 aliphatic rings. The first-order valence-electron chi connectivity index (χ1n) is 13.2. The minimum atomic E-state index is -0.826. The normalized spacial score (nSPS) is 17.1. The van der Waals surface area contributed by atoms with E-state index in [4.69, 9.17) is 0 Å². The number of anilines is 1. The number of aryl methyl sites for hydroxylation is 1. The molecule has 5 aromatic rings. The number of H-pyrrole nitrogens is 1. The van der Waals surface area contributed by atoms with E-state index in [1.165, 1.54) is 31.0 Å². The van der Waals surface area contributed by atoms with Crippen LogP contribution in [0.5, 0.6) is 5.75 Å². The van der Waals surface area contributed by atoms with Crippen LogP contribution in [0.4, 0.5) is 10.1 Å². The minimum absolute atomic E-state index is 0.111. The molecule has 9 heteroatoms. The Morgan fingerprint density at radius 3 is 2.79 bits per heavy atom. The van der Waals surface area contributed by atoms with Crippen molar-refractivity contribution in [2.75, 3.05) is 24.5 Å². The molecule has 1 unspecified atom stereocenters. The average molecular weight is 525 g/mol. The van der Waals surface area contributed by atoms with Gasteiger partial charge in [0.15, 0.2) is 5.69 Å². The third-order valence-corrected chi connectivity index (χ3v) is 8.08. The summed E-state index contributed by atoms with van der Waals surface area (Å²) in [5.74, 6) is -1.03. The molecule has 2 fully saturated rings. The van der Waals surface area contributed by atoms with Crippen LogP contribution in [-0.2, 0) is 7.05 Å². The number of rotatable bonds is 5. The molecule has 4 N–H and O–H groups in total. The van der Waals surface area contributed by atoms with E-state index < -0.39 is 17.8 Å². The molecule has 0 radical (unpaired) electrons. The third-order valence-electron chi connectivity index (χ3n) is 8.08. The van der Waals surface area contributed by atoms with Crippen LogP contribution in [0, 0.1) is 5.82 Å². The number of hydrogen-bond donors (Lipinski definition) is 4. The molecule has 1 spiro atoms. The van der Waals surface area contributed by atoms with E-state index in [0.29, 0.717) is 5.69 Å². The fraction of sp³-hybridized carbons (Fsp3) is 0.267. The molecule has 1 saturated carbocycles. The maximum atomic E-state index is 14.3. The van der Waals surface area contributed by atoms with Crippen LogP contribution in [0.15, 0.2) is 66.7 Å². The van der Waals surface area contributed by atoms with Gasteiger partial charge in [-0.2, -0.15) is 5.10 Å². The number of phenolic OH excluding ortho intramolecular Hbond substituents is 1. The second-order valence-electron chi connectivity index (χ2n) is 10.7. The Morgan fingerprint density at radius 1 is 1.13 bits per heavy atom. The van der Waals surface area contributed by atoms with Crippen molar-refractivity contribution >= 4 is 33.4 Å². The number of phenols is 1. The van der Waals surface area contributed by atoms with Crippen LogP contribution >= 0.6 is 0 Å². The van der Waals surface area contributed by atoms with E-state index in [-0.39, 0.29) is 22.5 Å². The van der Waals surface area contributed by atoms with Gasteiger partial charge in [-0.25, -0.2) is 4.39 Å². The quantitative estimate of drug-likeness (QED) is 0.274. The molecular formula is C30H29FN6O2. The number of para-hydroxylation sites is 1. The lowest BCUT2D eigenvalue weighted by atomic mass is 10.0. The Labute approximate surface area is 224 Å². The maximum absolute atomic E-state index is 14.3. The monoisotopic (exact) mass is 524 g/mol.